The van der Waals surface area contributed by atoms with Crippen LogP contribution >= 0.6 is 0 Å². The van der Waals surface area contributed by atoms with Gasteiger partial charge >= 0.3 is 0 Å². The topological polar surface area (TPSA) is 34.6 Å². The molecule has 4 nitrogen and oxygen atoms in total. The van der Waals surface area contributed by atoms with Gasteiger partial charge < -0.3 is 0 Å². The summed E-state index contributed by atoms with van der Waals surface area (Å²) in [5.41, 5.74) is 7.79. The SMILES string of the molecule is [2H]Cc1cc(-c2ncccn2)cc(C([2H])(C)C)c1-n1c(-c2ccccc2C)[n+](C)c2ccccc21. The van der Waals surface area contributed by atoms with Crippen molar-refractivity contribution in [1.82, 2.24) is 14.5 Å². The molecule has 0 aliphatic heterocycles. The molecule has 2 heterocycles. The Bertz CT molecular complexity index is 1530. The fourth-order valence-electron chi connectivity index (χ4n) is 4.58. The van der Waals surface area contributed by atoms with Gasteiger partial charge in [0, 0.05) is 26.3 Å². The van der Waals surface area contributed by atoms with Crippen molar-refractivity contribution < 1.29 is 7.31 Å². The predicted octanol–water partition coefficient (Wildman–Crippen LogP) is 6.32. The Hall–Kier alpha value is -3.79. The number of fused-ring (bicyclic) bond motifs is 1. The summed E-state index contributed by atoms with van der Waals surface area (Å²) in [5.74, 6) is 0.700. The number of para-hydroxylation sites is 2. The second-order valence-electron chi connectivity index (χ2n) is 8.63. The molecule has 3 aromatic carbocycles. The van der Waals surface area contributed by atoms with Gasteiger partial charge in [-0.3, -0.25) is 0 Å². The molecular weight excluding hydrogens is 404 g/mol. The summed E-state index contributed by atoms with van der Waals surface area (Å²) in [4.78, 5) is 8.87. The van der Waals surface area contributed by atoms with Crippen LogP contribution in [0.4, 0.5) is 0 Å². The Morgan fingerprint density at radius 1 is 0.939 bits per heavy atom. The largest absolute Gasteiger partial charge is 0.295 e. The van der Waals surface area contributed by atoms with Gasteiger partial charge in [0.1, 0.15) is 5.69 Å². The molecule has 4 heteroatoms. The van der Waals surface area contributed by atoms with Gasteiger partial charge in [-0.05, 0) is 67.2 Å². The van der Waals surface area contributed by atoms with Gasteiger partial charge in [0.25, 0.3) is 5.82 Å². The van der Waals surface area contributed by atoms with Crippen molar-refractivity contribution in [3.8, 4) is 28.5 Å². The number of aryl methyl sites for hydroxylation is 3. The van der Waals surface area contributed by atoms with Crippen LogP contribution in [0.3, 0.4) is 0 Å². The normalized spacial score (nSPS) is 12.6. The zero-order chi connectivity index (χ0) is 24.7. The maximum Gasteiger partial charge on any atom is 0.295 e. The van der Waals surface area contributed by atoms with Crippen molar-refractivity contribution in [2.75, 3.05) is 0 Å². The molecule has 0 aliphatic carbocycles. The van der Waals surface area contributed by atoms with Gasteiger partial charge in [0.15, 0.2) is 16.9 Å². The zero-order valence-electron chi connectivity index (χ0n) is 21.5. The average molecular weight is 436 g/mol. The highest BCUT2D eigenvalue weighted by atomic mass is 15.2. The number of aromatic nitrogens is 4. The minimum absolute atomic E-state index is 0.0719. The van der Waals surface area contributed by atoms with Gasteiger partial charge in [0.05, 0.1) is 12.6 Å². The van der Waals surface area contributed by atoms with E-state index >= 15 is 0 Å². The van der Waals surface area contributed by atoms with Crippen LogP contribution in [0.5, 0.6) is 0 Å². The van der Waals surface area contributed by atoms with Crippen LogP contribution in [0, 0.1) is 13.8 Å². The zero-order valence-corrected chi connectivity index (χ0v) is 19.5. The van der Waals surface area contributed by atoms with Crippen molar-refractivity contribution in [1.29, 1.82) is 0 Å². The van der Waals surface area contributed by atoms with E-state index in [2.05, 4.69) is 63.4 Å². The van der Waals surface area contributed by atoms with Gasteiger partial charge in [-0.1, -0.05) is 44.2 Å². The van der Waals surface area contributed by atoms with Gasteiger partial charge in [-0.2, -0.15) is 4.57 Å². The van der Waals surface area contributed by atoms with Crippen LogP contribution < -0.4 is 4.57 Å². The summed E-state index contributed by atoms with van der Waals surface area (Å²) >= 11 is 0. The van der Waals surface area contributed by atoms with E-state index in [-0.39, 0.29) is 6.90 Å². The summed E-state index contributed by atoms with van der Waals surface area (Å²) in [5, 5.41) is 0. The van der Waals surface area contributed by atoms with E-state index in [9.17, 15) is 0 Å². The Morgan fingerprint density at radius 2 is 1.67 bits per heavy atom. The maximum absolute atomic E-state index is 9.10. The lowest BCUT2D eigenvalue weighted by molar-refractivity contribution is -0.633. The lowest BCUT2D eigenvalue weighted by atomic mass is 9.94. The molecule has 0 atom stereocenters. The van der Waals surface area contributed by atoms with Crippen molar-refractivity contribution in [3.05, 3.63) is 95.8 Å². The molecule has 0 bridgehead atoms. The molecule has 0 radical (unpaired) electrons. The van der Waals surface area contributed by atoms with E-state index in [0.29, 0.717) is 5.82 Å². The summed E-state index contributed by atoms with van der Waals surface area (Å²) in [6.45, 7) is 5.99. The Labute approximate surface area is 198 Å². The Balaban J connectivity index is 1.94. The Morgan fingerprint density at radius 3 is 2.39 bits per heavy atom. The number of hydrogen-bond acceptors (Lipinski definition) is 2. The highest BCUT2D eigenvalue weighted by Gasteiger charge is 2.30. The lowest BCUT2D eigenvalue weighted by Crippen LogP contribution is -2.30. The van der Waals surface area contributed by atoms with Crippen molar-refractivity contribution >= 4 is 11.0 Å². The van der Waals surface area contributed by atoms with Crippen molar-refractivity contribution in [3.63, 3.8) is 0 Å². The first kappa shape index (κ1) is 18.8. The molecule has 5 rings (SSSR count). The smallest absolute Gasteiger partial charge is 0.237 e. The first-order valence-corrected chi connectivity index (χ1v) is 11.1. The number of nitrogens with zero attached hydrogens (tertiary/aromatic N) is 4. The second-order valence-corrected chi connectivity index (χ2v) is 8.63. The molecule has 5 aromatic rings. The number of benzene rings is 3. The molecule has 33 heavy (non-hydrogen) atoms. The first-order chi connectivity index (χ1) is 16.8. The van der Waals surface area contributed by atoms with E-state index in [1.54, 1.807) is 18.5 Å². The van der Waals surface area contributed by atoms with Gasteiger partial charge in [0.2, 0.25) is 0 Å². The predicted molar refractivity (Wildman–Crippen MR) is 134 cm³/mol. The third-order valence-electron chi connectivity index (χ3n) is 6.17. The number of hydrogen-bond donors (Lipinski definition) is 0. The van der Waals surface area contributed by atoms with Gasteiger partial charge in [-0.15, -0.1) is 0 Å². The number of rotatable bonds is 4. The van der Waals surface area contributed by atoms with E-state index in [1.165, 1.54) is 5.56 Å². The quantitative estimate of drug-likeness (QED) is 0.310. The molecule has 164 valence electrons. The summed E-state index contributed by atoms with van der Waals surface area (Å²) in [7, 11) is 2.08. The molecular formula is C29H29N4+. The molecule has 0 amide bonds. The van der Waals surface area contributed by atoms with E-state index in [1.807, 2.05) is 44.2 Å². The van der Waals surface area contributed by atoms with Crippen LogP contribution in [0.25, 0.3) is 39.5 Å². The van der Waals surface area contributed by atoms with Crippen molar-refractivity contribution in [2.24, 2.45) is 7.05 Å². The molecule has 0 fully saturated rings. The fraction of sp³-hybridized carbons (Fsp3) is 0.207. The van der Waals surface area contributed by atoms with Crippen LogP contribution in [-0.4, -0.2) is 14.5 Å². The molecule has 0 aliphatic rings. The summed E-state index contributed by atoms with van der Waals surface area (Å²) in [6.07, 6.45) is 3.44. The standard InChI is InChI=1S/C29H29N4/c1-19(2)24-18-22(28-30-15-10-16-31-28)17-21(4)27(24)33-26-14-9-8-13-25(26)32(5)29(33)23-12-7-6-11-20(23)3/h6-19H,1-5H3/q+1/i4D,19D. The van der Waals surface area contributed by atoms with Crippen molar-refractivity contribution in [2.45, 2.75) is 33.6 Å². The molecule has 0 unspecified atom stereocenters. The minimum Gasteiger partial charge on any atom is -0.237 e. The fourth-order valence-corrected chi connectivity index (χ4v) is 4.58. The molecule has 0 N–H and O–H groups in total. The highest BCUT2D eigenvalue weighted by Crippen LogP contribution is 2.36. The third-order valence-corrected chi connectivity index (χ3v) is 6.17. The minimum atomic E-state index is -0.920. The van der Waals surface area contributed by atoms with Crippen LogP contribution in [0.2, 0.25) is 0 Å². The van der Waals surface area contributed by atoms with Crippen LogP contribution in [0.1, 0.15) is 39.2 Å². The van der Waals surface area contributed by atoms with Crippen LogP contribution in [-0.2, 0) is 7.05 Å². The monoisotopic (exact) mass is 435 g/mol. The van der Waals surface area contributed by atoms with E-state index in [0.717, 1.165) is 44.8 Å². The summed E-state index contributed by atoms with van der Waals surface area (Å²) < 4.78 is 22.1. The number of imidazole rings is 1. The van der Waals surface area contributed by atoms with E-state index in [4.69, 9.17) is 2.74 Å². The maximum atomic E-state index is 9.10. The van der Waals surface area contributed by atoms with Gasteiger partial charge in [-0.25, -0.2) is 14.5 Å². The first-order valence-electron chi connectivity index (χ1n) is 12.3. The Kier molecular flexibility index (Phi) is 4.71. The van der Waals surface area contributed by atoms with Crippen LogP contribution in [0.15, 0.2) is 79.1 Å². The highest BCUT2D eigenvalue weighted by molar-refractivity contribution is 5.81. The molecule has 0 saturated heterocycles. The second kappa shape index (κ2) is 8.28. The molecule has 2 aromatic heterocycles. The summed E-state index contributed by atoms with van der Waals surface area (Å²) in [6, 6.07) is 22.5. The van der Waals surface area contributed by atoms with E-state index < -0.39 is 5.89 Å². The third kappa shape index (κ3) is 3.52. The average Bonchev–Trinajstić information content (AvgIpc) is 3.15. The molecule has 0 saturated carbocycles. The molecule has 0 spiro atoms. The lowest BCUT2D eigenvalue weighted by Gasteiger charge is -2.17.